The lowest BCUT2D eigenvalue weighted by molar-refractivity contribution is -0.132. The summed E-state index contributed by atoms with van der Waals surface area (Å²) >= 11 is 0. The number of nitrogens with one attached hydrogen (secondary N) is 1. The molecule has 2 N–H and O–H groups in total. The normalized spacial score (nSPS) is 16.7. The number of halogens is 1. The van der Waals surface area contributed by atoms with Crippen LogP contribution < -0.4 is 10.1 Å². The van der Waals surface area contributed by atoms with Crippen LogP contribution in [0.1, 0.15) is 37.4 Å². The summed E-state index contributed by atoms with van der Waals surface area (Å²) in [6, 6.07) is 13.3. The van der Waals surface area contributed by atoms with Gasteiger partial charge >= 0.3 is 0 Å². The molecule has 3 rings (SSSR count). The average molecular weight is 399 g/mol. The van der Waals surface area contributed by atoms with Gasteiger partial charge in [0, 0.05) is 12.0 Å². The number of hydrazone groups is 1. The molecule has 1 aliphatic rings. The van der Waals surface area contributed by atoms with Gasteiger partial charge in [0.2, 0.25) is 0 Å². The molecule has 0 aromatic heterocycles. The molecule has 7 heteroatoms. The molecule has 154 valence electrons. The van der Waals surface area contributed by atoms with Crippen molar-refractivity contribution in [2.75, 3.05) is 20.3 Å². The zero-order chi connectivity index (χ0) is 21.0. The Morgan fingerprint density at radius 3 is 2.48 bits per heavy atom. The number of carbonyl (C=O) groups excluding carboxylic acids is 1. The molecule has 0 fully saturated rings. The van der Waals surface area contributed by atoms with Crippen LogP contribution in [0.4, 0.5) is 4.39 Å². The zero-order valence-corrected chi connectivity index (χ0v) is 16.9. The number of benzene rings is 2. The number of hydrogen-bond donors (Lipinski definition) is 2. The fraction of sp³-hybridized carbons (Fsp3) is 0.364. The van der Waals surface area contributed by atoms with Gasteiger partial charge in [-0.1, -0.05) is 12.1 Å². The highest BCUT2D eigenvalue weighted by molar-refractivity contribution is 6.03. The van der Waals surface area contributed by atoms with Crippen molar-refractivity contribution in [2.45, 2.75) is 31.8 Å². The van der Waals surface area contributed by atoms with Gasteiger partial charge in [0.25, 0.3) is 5.91 Å². The van der Waals surface area contributed by atoms with E-state index in [-0.39, 0.29) is 30.9 Å². The number of nitrogens with zero attached hydrogens (tertiary/aromatic N) is 2. The Bertz CT molecular complexity index is 879. The summed E-state index contributed by atoms with van der Waals surface area (Å²) in [5.74, 6) is 0.197. The van der Waals surface area contributed by atoms with Crippen LogP contribution in [0.2, 0.25) is 0 Å². The van der Waals surface area contributed by atoms with Crippen molar-refractivity contribution in [1.29, 1.82) is 0 Å². The van der Waals surface area contributed by atoms with Gasteiger partial charge in [-0.15, -0.1) is 0 Å². The van der Waals surface area contributed by atoms with Crippen LogP contribution in [-0.2, 0) is 4.79 Å². The summed E-state index contributed by atoms with van der Waals surface area (Å²) in [7, 11) is 1.61. The minimum Gasteiger partial charge on any atom is -0.497 e. The number of carbonyl (C=O) groups is 1. The Hall–Kier alpha value is -2.77. The first-order valence-corrected chi connectivity index (χ1v) is 9.48. The largest absolute Gasteiger partial charge is 0.497 e. The van der Waals surface area contributed by atoms with Crippen molar-refractivity contribution >= 4 is 11.6 Å². The second kappa shape index (κ2) is 8.71. The van der Waals surface area contributed by atoms with Crippen molar-refractivity contribution in [2.24, 2.45) is 5.10 Å². The number of methoxy groups -OCH3 is 1. The first kappa shape index (κ1) is 21.0. The molecule has 1 amide bonds. The number of rotatable bonds is 7. The molecule has 1 unspecified atom stereocenters. The second-order valence-electron chi connectivity index (χ2n) is 7.68. The van der Waals surface area contributed by atoms with Crippen molar-refractivity contribution in [3.8, 4) is 5.75 Å². The molecule has 2 aromatic carbocycles. The van der Waals surface area contributed by atoms with Crippen molar-refractivity contribution < 1.29 is 19.0 Å². The fourth-order valence-electron chi connectivity index (χ4n) is 3.09. The summed E-state index contributed by atoms with van der Waals surface area (Å²) in [6.45, 7) is 3.56. The molecule has 29 heavy (non-hydrogen) atoms. The molecule has 0 radical (unpaired) electrons. The summed E-state index contributed by atoms with van der Waals surface area (Å²) < 4.78 is 18.6. The molecule has 0 spiro atoms. The van der Waals surface area contributed by atoms with E-state index < -0.39 is 5.54 Å². The minimum atomic E-state index is -0.580. The highest BCUT2D eigenvalue weighted by Crippen LogP contribution is 2.33. The standard InChI is InChI=1S/C22H26FN3O3/c1-22(2,14-27)24-13-21(28)26-20(16-4-8-17(23)9-5-16)12-19(25-26)15-6-10-18(29-3)11-7-15/h4-11,20,24,27H,12-14H2,1-3H3. The highest BCUT2D eigenvalue weighted by atomic mass is 19.1. The quantitative estimate of drug-likeness (QED) is 0.751. The molecule has 0 bridgehead atoms. The van der Waals surface area contributed by atoms with E-state index in [1.54, 1.807) is 19.2 Å². The third-order valence-electron chi connectivity index (χ3n) is 4.96. The number of aliphatic hydroxyl groups is 1. The van der Waals surface area contributed by atoms with Gasteiger partial charge in [0.15, 0.2) is 0 Å². The highest BCUT2D eigenvalue weighted by Gasteiger charge is 2.33. The Kier molecular flexibility index (Phi) is 6.30. The van der Waals surface area contributed by atoms with Crippen LogP contribution in [0, 0.1) is 5.82 Å². The smallest absolute Gasteiger partial charge is 0.257 e. The molecule has 1 atom stereocenters. The van der Waals surface area contributed by atoms with Crippen LogP contribution in [0.25, 0.3) is 0 Å². The van der Waals surface area contributed by atoms with E-state index >= 15 is 0 Å². The molecule has 0 saturated heterocycles. The lowest BCUT2D eigenvalue weighted by Gasteiger charge is -2.26. The Balaban J connectivity index is 1.86. The van der Waals surface area contributed by atoms with Crippen LogP contribution >= 0.6 is 0 Å². The van der Waals surface area contributed by atoms with Gasteiger partial charge in [0.05, 0.1) is 32.0 Å². The van der Waals surface area contributed by atoms with Gasteiger partial charge in [-0.2, -0.15) is 5.10 Å². The molecule has 2 aromatic rings. The fourth-order valence-corrected chi connectivity index (χ4v) is 3.09. The molecular formula is C22H26FN3O3. The number of aliphatic hydroxyl groups excluding tert-OH is 1. The molecule has 6 nitrogen and oxygen atoms in total. The van der Waals surface area contributed by atoms with Crippen LogP contribution in [-0.4, -0.2) is 47.5 Å². The summed E-state index contributed by atoms with van der Waals surface area (Å²) in [5.41, 5.74) is 1.91. The van der Waals surface area contributed by atoms with E-state index in [1.165, 1.54) is 17.1 Å². The zero-order valence-electron chi connectivity index (χ0n) is 16.9. The number of ether oxygens (including phenoxy) is 1. The predicted molar refractivity (Wildman–Crippen MR) is 109 cm³/mol. The van der Waals surface area contributed by atoms with E-state index in [2.05, 4.69) is 10.4 Å². The number of amides is 1. The Morgan fingerprint density at radius 1 is 1.24 bits per heavy atom. The maximum atomic E-state index is 13.4. The van der Waals surface area contributed by atoms with Gasteiger partial charge in [-0.3, -0.25) is 4.79 Å². The Morgan fingerprint density at radius 2 is 1.90 bits per heavy atom. The van der Waals surface area contributed by atoms with E-state index in [1.807, 2.05) is 38.1 Å². The average Bonchev–Trinajstić information content (AvgIpc) is 3.18. The second-order valence-corrected chi connectivity index (χ2v) is 7.68. The van der Waals surface area contributed by atoms with Crippen LogP contribution in [0.15, 0.2) is 53.6 Å². The summed E-state index contributed by atoms with van der Waals surface area (Å²) in [5, 5.41) is 18.5. The van der Waals surface area contributed by atoms with Crippen LogP contribution in [0.3, 0.4) is 0 Å². The van der Waals surface area contributed by atoms with Gasteiger partial charge < -0.3 is 15.2 Å². The van der Waals surface area contributed by atoms with Gasteiger partial charge in [0.1, 0.15) is 11.6 Å². The molecule has 0 aliphatic carbocycles. The minimum absolute atomic E-state index is 0.0324. The van der Waals surface area contributed by atoms with Crippen molar-refractivity contribution in [3.05, 3.63) is 65.5 Å². The van der Waals surface area contributed by atoms with Crippen molar-refractivity contribution in [3.63, 3.8) is 0 Å². The molecule has 1 heterocycles. The Labute approximate surface area is 170 Å². The van der Waals surface area contributed by atoms with E-state index in [0.29, 0.717) is 6.42 Å². The monoisotopic (exact) mass is 399 g/mol. The van der Waals surface area contributed by atoms with E-state index in [4.69, 9.17) is 4.74 Å². The lowest BCUT2D eigenvalue weighted by Crippen LogP contribution is -2.47. The SMILES string of the molecule is COc1ccc(C2=NN(C(=O)CNC(C)(C)CO)C(c3ccc(F)cc3)C2)cc1. The third kappa shape index (κ3) is 4.99. The first-order valence-electron chi connectivity index (χ1n) is 9.48. The van der Waals surface area contributed by atoms with Crippen LogP contribution in [0.5, 0.6) is 5.75 Å². The maximum Gasteiger partial charge on any atom is 0.257 e. The third-order valence-corrected chi connectivity index (χ3v) is 4.96. The van der Waals surface area contributed by atoms with E-state index in [0.717, 1.165) is 22.6 Å². The summed E-state index contributed by atoms with van der Waals surface area (Å²) in [4.78, 5) is 12.9. The van der Waals surface area contributed by atoms with Gasteiger partial charge in [-0.25, -0.2) is 9.40 Å². The molecular weight excluding hydrogens is 373 g/mol. The number of hydrogen-bond acceptors (Lipinski definition) is 5. The van der Waals surface area contributed by atoms with Gasteiger partial charge in [-0.05, 0) is 61.4 Å². The lowest BCUT2D eigenvalue weighted by atomic mass is 9.98. The van der Waals surface area contributed by atoms with Crippen molar-refractivity contribution in [1.82, 2.24) is 10.3 Å². The molecule has 1 aliphatic heterocycles. The predicted octanol–water partition coefficient (Wildman–Crippen LogP) is 2.87. The summed E-state index contributed by atoms with van der Waals surface area (Å²) in [6.07, 6.45) is 0.521. The van der Waals surface area contributed by atoms with E-state index in [9.17, 15) is 14.3 Å². The topological polar surface area (TPSA) is 74.2 Å². The maximum absolute atomic E-state index is 13.4. The first-order chi connectivity index (χ1) is 13.8. The molecule has 0 saturated carbocycles.